The first-order chi connectivity index (χ1) is 5.83. The minimum absolute atomic E-state index is 0.231. The highest BCUT2D eigenvalue weighted by Crippen LogP contribution is 2.06. The van der Waals surface area contributed by atoms with Gasteiger partial charge in [-0.3, -0.25) is 4.39 Å². The second kappa shape index (κ2) is 4.92. The van der Waals surface area contributed by atoms with E-state index in [1.54, 1.807) is 0 Å². The van der Waals surface area contributed by atoms with Crippen molar-refractivity contribution in [3.8, 4) is 0 Å². The summed E-state index contributed by atoms with van der Waals surface area (Å²) in [5, 5.41) is 0. The molecule has 0 spiro atoms. The van der Waals surface area contributed by atoms with E-state index < -0.39 is 6.16 Å². The van der Waals surface area contributed by atoms with E-state index in [1.165, 1.54) is 0 Å². The normalized spacial score (nSPS) is 22.1. The summed E-state index contributed by atoms with van der Waals surface area (Å²) in [6.45, 7) is 0.478. The van der Waals surface area contributed by atoms with E-state index in [4.69, 9.17) is 4.74 Å². The number of halogens is 1. The minimum atomic E-state index is -0.658. The molecular weight excluding hydrogens is 167 g/mol. The second-order valence-electron chi connectivity index (χ2n) is 2.42. The number of rotatable bonds is 5. The van der Waals surface area contributed by atoms with Gasteiger partial charge in [-0.15, -0.1) is 0 Å². The third-order valence-electron chi connectivity index (χ3n) is 1.38. The first kappa shape index (κ1) is 9.25. The van der Waals surface area contributed by atoms with E-state index in [0.717, 1.165) is 0 Å². The van der Waals surface area contributed by atoms with Crippen LogP contribution in [-0.4, -0.2) is 38.8 Å². The van der Waals surface area contributed by atoms with Gasteiger partial charge in [0.15, 0.2) is 6.10 Å². The zero-order valence-electron chi connectivity index (χ0n) is 6.62. The Labute approximate surface area is 69.6 Å². The van der Waals surface area contributed by atoms with Gasteiger partial charge in [0.25, 0.3) is 0 Å². The topological polar surface area (TPSA) is 44.8 Å². The van der Waals surface area contributed by atoms with Crippen molar-refractivity contribution in [1.82, 2.24) is 0 Å². The monoisotopic (exact) mass is 178 g/mol. The average Bonchev–Trinajstić information content (AvgIpc) is 2.45. The van der Waals surface area contributed by atoms with Crippen molar-refractivity contribution in [3.05, 3.63) is 0 Å². The molecule has 70 valence electrons. The first-order valence-corrected chi connectivity index (χ1v) is 3.80. The van der Waals surface area contributed by atoms with Crippen LogP contribution < -0.4 is 0 Å². The lowest BCUT2D eigenvalue weighted by Crippen LogP contribution is -2.18. The fourth-order valence-electron chi connectivity index (χ4n) is 0.819. The summed E-state index contributed by atoms with van der Waals surface area (Å²) < 4.78 is 25.7. The maximum atomic E-state index is 11.6. The van der Waals surface area contributed by atoms with Crippen molar-refractivity contribution < 1.29 is 23.4 Å². The predicted octanol–water partition coefficient (Wildman–Crippen LogP) is 0.898. The van der Waals surface area contributed by atoms with E-state index >= 15 is 0 Å². The van der Waals surface area contributed by atoms with Gasteiger partial charge in [0.1, 0.15) is 6.61 Å². The first-order valence-electron chi connectivity index (χ1n) is 3.80. The molecule has 1 atom stereocenters. The average molecular weight is 178 g/mol. The van der Waals surface area contributed by atoms with Gasteiger partial charge in [0, 0.05) is 6.61 Å². The van der Waals surface area contributed by atoms with Crippen LogP contribution in [0.25, 0.3) is 0 Å². The Kier molecular flexibility index (Phi) is 3.79. The molecule has 1 aliphatic rings. The molecule has 0 aromatic heterocycles. The molecule has 0 amide bonds. The van der Waals surface area contributed by atoms with Gasteiger partial charge in [0.2, 0.25) is 0 Å². The Morgan fingerprint density at radius 2 is 2.50 bits per heavy atom. The van der Waals surface area contributed by atoms with Crippen molar-refractivity contribution in [3.63, 3.8) is 0 Å². The van der Waals surface area contributed by atoms with Crippen LogP contribution >= 0.6 is 0 Å². The molecule has 1 unspecified atom stereocenters. The van der Waals surface area contributed by atoms with E-state index in [2.05, 4.69) is 9.47 Å². The summed E-state index contributed by atoms with van der Waals surface area (Å²) in [5.41, 5.74) is 0. The summed E-state index contributed by atoms with van der Waals surface area (Å²) in [6, 6.07) is 0. The lowest BCUT2D eigenvalue weighted by Gasteiger charge is -2.05. The molecule has 12 heavy (non-hydrogen) atoms. The van der Waals surface area contributed by atoms with E-state index in [1.807, 2.05) is 0 Å². The van der Waals surface area contributed by atoms with Crippen LogP contribution in [0.5, 0.6) is 0 Å². The summed E-state index contributed by atoms with van der Waals surface area (Å²) in [4.78, 5) is 10.4. The van der Waals surface area contributed by atoms with Crippen molar-refractivity contribution in [2.75, 3.05) is 26.5 Å². The Morgan fingerprint density at radius 3 is 3.08 bits per heavy atom. The lowest BCUT2D eigenvalue weighted by atomic mass is 10.4. The van der Waals surface area contributed by atoms with Gasteiger partial charge in [-0.05, 0) is 6.42 Å². The second-order valence-corrected chi connectivity index (χ2v) is 2.42. The molecule has 4 nitrogen and oxygen atoms in total. The van der Waals surface area contributed by atoms with Crippen LogP contribution in [0.3, 0.4) is 0 Å². The largest absolute Gasteiger partial charge is 0.508 e. The number of hydrogen-bond acceptors (Lipinski definition) is 4. The number of cyclic esters (lactones) is 2. The smallest absolute Gasteiger partial charge is 0.430 e. The fourth-order valence-corrected chi connectivity index (χ4v) is 0.819. The van der Waals surface area contributed by atoms with Crippen molar-refractivity contribution in [1.29, 1.82) is 0 Å². The lowest BCUT2D eigenvalue weighted by molar-refractivity contribution is 0.0433. The van der Waals surface area contributed by atoms with Gasteiger partial charge in [-0.25, -0.2) is 4.79 Å². The third kappa shape index (κ3) is 3.04. The standard InChI is InChI=1S/C7H11FO4/c8-2-1-3-10-4-6-5-11-7(9)12-6/h6H,1-5H2. The van der Waals surface area contributed by atoms with Gasteiger partial charge in [-0.2, -0.15) is 0 Å². The van der Waals surface area contributed by atoms with Gasteiger partial charge >= 0.3 is 6.16 Å². The summed E-state index contributed by atoms with van der Waals surface area (Å²) >= 11 is 0. The van der Waals surface area contributed by atoms with Crippen LogP contribution in [0.1, 0.15) is 6.42 Å². The highest BCUT2D eigenvalue weighted by Gasteiger charge is 2.24. The van der Waals surface area contributed by atoms with E-state index in [0.29, 0.717) is 13.0 Å². The molecule has 5 heteroatoms. The summed E-state index contributed by atoms with van der Waals surface area (Å²) in [6.07, 6.45) is -0.604. The molecule has 0 aromatic rings. The third-order valence-corrected chi connectivity index (χ3v) is 1.38. The van der Waals surface area contributed by atoms with Gasteiger partial charge < -0.3 is 14.2 Å². The fraction of sp³-hybridized carbons (Fsp3) is 0.857. The van der Waals surface area contributed by atoms with Crippen molar-refractivity contribution >= 4 is 6.16 Å². The molecule has 1 aliphatic heterocycles. The maximum Gasteiger partial charge on any atom is 0.508 e. The van der Waals surface area contributed by atoms with Gasteiger partial charge in [0.05, 0.1) is 13.3 Å². The molecule has 0 N–H and O–H groups in total. The predicted molar refractivity (Wildman–Crippen MR) is 37.6 cm³/mol. The van der Waals surface area contributed by atoms with Crippen LogP contribution in [0.4, 0.5) is 9.18 Å². The summed E-state index contributed by atoms with van der Waals surface area (Å²) in [5.74, 6) is 0. The zero-order valence-corrected chi connectivity index (χ0v) is 6.62. The molecule has 1 fully saturated rings. The molecule has 0 aromatic carbocycles. The van der Waals surface area contributed by atoms with E-state index in [9.17, 15) is 9.18 Å². The molecule has 0 saturated carbocycles. The zero-order chi connectivity index (χ0) is 8.81. The summed E-state index contributed by atoms with van der Waals surface area (Å²) in [7, 11) is 0. The molecule has 0 radical (unpaired) electrons. The maximum absolute atomic E-state index is 11.6. The quantitative estimate of drug-likeness (QED) is 0.463. The highest BCUT2D eigenvalue weighted by atomic mass is 19.1. The molecule has 0 aliphatic carbocycles. The number of hydrogen-bond donors (Lipinski definition) is 0. The van der Waals surface area contributed by atoms with Gasteiger partial charge in [-0.1, -0.05) is 0 Å². The highest BCUT2D eigenvalue weighted by molar-refractivity contribution is 5.61. The molecular formula is C7H11FO4. The van der Waals surface area contributed by atoms with Crippen molar-refractivity contribution in [2.45, 2.75) is 12.5 Å². The number of ether oxygens (including phenoxy) is 3. The van der Waals surface area contributed by atoms with Crippen molar-refractivity contribution in [2.24, 2.45) is 0 Å². The Hall–Kier alpha value is -0.840. The molecule has 1 rings (SSSR count). The SMILES string of the molecule is O=C1OCC(COCCCF)O1. The minimum Gasteiger partial charge on any atom is -0.430 e. The Bertz CT molecular complexity index is 150. The molecule has 1 heterocycles. The molecule has 1 saturated heterocycles. The number of alkyl halides is 1. The van der Waals surface area contributed by atoms with Crippen LogP contribution in [0, 0.1) is 0 Å². The van der Waals surface area contributed by atoms with Crippen LogP contribution in [-0.2, 0) is 14.2 Å². The van der Waals surface area contributed by atoms with E-state index in [-0.39, 0.29) is 26.0 Å². The Balaban J connectivity index is 1.97. The number of carbonyl (C=O) groups is 1. The Morgan fingerprint density at radius 1 is 1.67 bits per heavy atom. The van der Waals surface area contributed by atoms with Crippen LogP contribution in [0.15, 0.2) is 0 Å². The van der Waals surface area contributed by atoms with Crippen LogP contribution in [0.2, 0.25) is 0 Å². The number of carbonyl (C=O) groups excluding carboxylic acids is 1. The molecule has 0 bridgehead atoms.